The molecule has 0 aliphatic carbocycles. The molecule has 1 aliphatic heterocycles. The molecule has 0 atom stereocenters. The van der Waals surface area contributed by atoms with Crippen molar-refractivity contribution in [2.24, 2.45) is 4.99 Å². The second-order valence-corrected chi connectivity index (χ2v) is 6.73. The van der Waals surface area contributed by atoms with Gasteiger partial charge in [0.15, 0.2) is 0 Å². The van der Waals surface area contributed by atoms with E-state index in [9.17, 15) is 4.79 Å². The van der Waals surface area contributed by atoms with Crippen LogP contribution in [-0.4, -0.2) is 29.4 Å². The van der Waals surface area contributed by atoms with Crippen LogP contribution in [0.1, 0.15) is 31.1 Å². The molecular formula is C22H24N4O3. The van der Waals surface area contributed by atoms with Crippen molar-refractivity contribution in [2.75, 3.05) is 12.3 Å². The Kier molecular flexibility index (Phi) is 6.29. The summed E-state index contributed by atoms with van der Waals surface area (Å²) in [5.74, 6) is 2.11. The molecule has 0 bridgehead atoms. The van der Waals surface area contributed by atoms with Crippen molar-refractivity contribution < 1.29 is 14.3 Å². The summed E-state index contributed by atoms with van der Waals surface area (Å²) in [6.45, 7) is 6.32. The number of aromatic nitrogens is 1. The Balaban J connectivity index is 1.82. The van der Waals surface area contributed by atoms with Gasteiger partial charge in [0.05, 0.1) is 18.8 Å². The predicted molar refractivity (Wildman–Crippen MR) is 114 cm³/mol. The topological polar surface area (TPSA) is 98.8 Å². The van der Waals surface area contributed by atoms with Crippen LogP contribution in [0, 0.1) is 0 Å². The third-order valence-corrected chi connectivity index (χ3v) is 4.01. The zero-order valence-electron chi connectivity index (χ0n) is 16.7. The number of anilines is 1. The van der Waals surface area contributed by atoms with Gasteiger partial charge in [0.2, 0.25) is 0 Å². The van der Waals surface area contributed by atoms with E-state index in [0.717, 1.165) is 5.57 Å². The number of ether oxygens (including phenoxy) is 2. The number of amides is 1. The maximum Gasteiger partial charge on any atom is 0.257 e. The summed E-state index contributed by atoms with van der Waals surface area (Å²) >= 11 is 0. The fraction of sp³-hybridized carbons (Fsp3) is 0.227. The first-order valence-electron chi connectivity index (χ1n) is 9.33. The fourth-order valence-electron chi connectivity index (χ4n) is 2.62. The van der Waals surface area contributed by atoms with Gasteiger partial charge in [0.25, 0.3) is 5.91 Å². The highest BCUT2D eigenvalue weighted by atomic mass is 16.5. The number of nitrogen functional groups attached to an aromatic ring is 1. The van der Waals surface area contributed by atoms with E-state index in [-0.39, 0.29) is 12.0 Å². The molecule has 0 saturated carbocycles. The summed E-state index contributed by atoms with van der Waals surface area (Å²) in [6.07, 6.45) is 7.17. The van der Waals surface area contributed by atoms with Crippen LogP contribution in [-0.2, 0) is 0 Å². The van der Waals surface area contributed by atoms with E-state index in [4.69, 9.17) is 15.2 Å². The van der Waals surface area contributed by atoms with E-state index in [1.54, 1.807) is 36.4 Å². The van der Waals surface area contributed by atoms with Gasteiger partial charge in [-0.25, -0.2) is 4.98 Å². The minimum Gasteiger partial charge on any atom is -0.491 e. The van der Waals surface area contributed by atoms with Crippen LogP contribution in [0.4, 0.5) is 5.82 Å². The Bertz CT molecular complexity index is 976. The number of amidine groups is 1. The van der Waals surface area contributed by atoms with Gasteiger partial charge in [-0.15, -0.1) is 0 Å². The van der Waals surface area contributed by atoms with Crippen molar-refractivity contribution in [3.63, 3.8) is 0 Å². The number of hydrogen-bond donors (Lipinski definition) is 2. The Morgan fingerprint density at radius 3 is 2.59 bits per heavy atom. The SMILES string of the molecule is C/C=C1\C=CC(NC(=O)c2cc(Oc3ccc(N)nc3)cc(OC(C)C)c2)=NC1. The molecule has 2 aromatic rings. The minimum absolute atomic E-state index is 0.0516. The molecule has 3 rings (SSSR count). The molecule has 0 fully saturated rings. The number of nitrogens with one attached hydrogen (secondary N) is 1. The quantitative estimate of drug-likeness (QED) is 0.804. The van der Waals surface area contributed by atoms with Crippen LogP contribution < -0.4 is 20.5 Å². The number of nitrogens with zero attached hydrogens (tertiary/aromatic N) is 2. The van der Waals surface area contributed by atoms with Crippen molar-refractivity contribution >= 4 is 17.6 Å². The number of carbonyl (C=O) groups excluding carboxylic acids is 1. The summed E-state index contributed by atoms with van der Waals surface area (Å²) in [4.78, 5) is 21.1. The first-order chi connectivity index (χ1) is 13.9. The van der Waals surface area contributed by atoms with Crippen LogP contribution in [0.25, 0.3) is 0 Å². The smallest absolute Gasteiger partial charge is 0.257 e. The molecule has 7 heteroatoms. The molecule has 29 heavy (non-hydrogen) atoms. The Morgan fingerprint density at radius 2 is 1.97 bits per heavy atom. The highest BCUT2D eigenvalue weighted by Crippen LogP contribution is 2.28. The lowest BCUT2D eigenvalue weighted by Gasteiger charge is -2.15. The van der Waals surface area contributed by atoms with Crippen LogP contribution in [0.3, 0.4) is 0 Å². The van der Waals surface area contributed by atoms with Crippen LogP contribution in [0.5, 0.6) is 17.2 Å². The number of hydrogen-bond acceptors (Lipinski definition) is 6. The predicted octanol–water partition coefficient (Wildman–Crippen LogP) is 3.89. The third-order valence-electron chi connectivity index (χ3n) is 4.01. The molecule has 0 spiro atoms. The van der Waals surface area contributed by atoms with Crippen molar-refractivity contribution in [1.82, 2.24) is 10.3 Å². The van der Waals surface area contributed by atoms with E-state index in [0.29, 0.717) is 41.0 Å². The number of aliphatic imine (C=N–C) groups is 1. The van der Waals surface area contributed by atoms with Crippen molar-refractivity contribution in [3.05, 3.63) is 65.9 Å². The number of allylic oxidation sites excluding steroid dienone is 1. The third kappa shape index (κ3) is 5.68. The van der Waals surface area contributed by atoms with Crippen molar-refractivity contribution in [3.8, 4) is 17.2 Å². The largest absolute Gasteiger partial charge is 0.491 e. The molecule has 1 aromatic heterocycles. The second kappa shape index (κ2) is 9.05. The van der Waals surface area contributed by atoms with Gasteiger partial charge in [-0.1, -0.05) is 12.2 Å². The van der Waals surface area contributed by atoms with Crippen LogP contribution >= 0.6 is 0 Å². The summed E-state index contributed by atoms with van der Waals surface area (Å²) in [6, 6.07) is 8.39. The zero-order chi connectivity index (χ0) is 20.8. The molecule has 1 aliphatic rings. The molecule has 0 unspecified atom stereocenters. The minimum atomic E-state index is -0.299. The second-order valence-electron chi connectivity index (χ2n) is 6.73. The lowest BCUT2D eigenvalue weighted by molar-refractivity contribution is 0.0976. The highest BCUT2D eigenvalue weighted by Gasteiger charge is 2.14. The summed E-state index contributed by atoms with van der Waals surface area (Å²) in [7, 11) is 0. The number of benzene rings is 1. The number of dihydropyridines is 1. The number of nitrogens with two attached hydrogens (primary N) is 1. The van der Waals surface area contributed by atoms with Crippen molar-refractivity contribution in [2.45, 2.75) is 26.9 Å². The zero-order valence-corrected chi connectivity index (χ0v) is 16.7. The van der Waals surface area contributed by atoms with Gasteiger partial charge in [0.1, 0.15) is 28.9 Å². The van der Waals surface area contributed by atoms with E-state index in [2.05, 4.69) is 15.3 Å². The van der Waals surface area contributed by atoms with E-state index < -0.39 is 0 Å². The Hall–Kier alpha value is -3.61. The average molecular weight is 392 g/mol. The Labute approximate surface area is 170 Å². The number of carbonyl (C=O) groups is 1. The first-order valence-corrected chi connectivity index (χ1v) is 9.33. The molecular weight excluding hydrogens is 368 g/mol. The van der Waals surface area contributed by atoms with E-state index in [1.807, 2.05) is 32.9 Å². The van der Waals surface area contributed by atoms with Crippen LogP contribution in [0.2, 0.25) is 0 Å². The van der Waals surface area contributed by atoms with Gasteiger partial charge in [-0.3, -0.25) is 9.79 Å². The number of rotatable bonds is 5. The van der Waals surface area contributed by atoms with Crippen LogP contribution in [0.15, 0.2) is 65.3 Å². The molecule has 7 nitrogen and oxygen atoms in total. The summed E-state index contributed by atoms with van der Waals surface area (Å²) < 4.78 is 11.6. The lowest BCUT2D eigenvalue weighted by Crippen LogP contribution is -2.30. The average Bonchev–Trinajstić information content (AvgIpc) is 2.69. The normalized spacial score (nSPS) is 14.6. The van der Waals surface area contributed by atoms with Gasteiger partial charge < -0.3 is 20.5 Å². The summed E-state index contributed by atoms with van der Waals surface area (Å²) in [5, 5.41) is 2.82. The monoisotopic (exact) mass is 392 g/mol. The van der Waals surface area contributed by atoms with Gasteiger partial charge >= 0.3 is 0 Å². The lowest BCUT2D eigenvalue weighted by atomic mass is 10.1. The fourth-order valence-corrected chi connectivity index (χ4v) is 2.62. The molecule has 0 saturated heterocycles. The van der Waals surface area contributed by atoms with E-state index >= 15 is 0 Å². The highest BCUT2D eigenvalue weighted by molar-refractivity contribution is 6.11. The maximum atomic E-state index is 12.8. The molecule has 0 radical (unpaired) electrons. The van der Waals surface area contributed by atoms with Gasteiger partial charge in [-0.05, 0) is 56.7 Å². The molecule has 1 amide bonds. The maximum absolute atomic E-state index is 12.8. The van der Waals surface area contributed by atoms with Gasteiger partial charge in [0, 0.05) is 11.6 Å². The molecule has 3 N–H and O–H groups in total. The molecule has 150 valence electrons. The first kappa shape index (κ1) is 20.1. The molecule has 2 heterocycles. The summed E-state index contributed by atoms with van der Waals surface area (Å²) in [5.41, 5.74) is 7.11. The molecule has 1 aromatic carbocycles. The van der Waals surface area contributed by atoms with E-state index in [1.165, 1.54) is 6.20 Å². The van der Waals surface area contributed by atoms with Gasteiger partial charge in [-0.2, -0.15) is 0 Å². The van der Waals surface area contributed by atoms with Crippen molar-refractivity contribution in [1.29, 1.82) is 0 Å². The standard InChI is InChI=1S/C22H24N4O3/c1-4-15-5-8-21(25-12-15)26-22(27)16-9-18(28-14(2)3)11-19(10-16)29-17-6-7-20(23)24-13-17/h4-11,13-14H,12H2,1-3H3,(H2,23,24)(H,25,26,27)/b15-4+. The Morgan fingerprint density at radius 1 is 1.17 bits per heavy atom. The number of pyridine rings is 1.